The molecular weight excluding hydrogens is 224 g/mol. The number of carboxylic acid groups (broad SMARTS) is 1. The molecule has 0 aliphatic heterocycles. The number of aliphatic carboxylic acids is 1. The maximum atomic E-state index is 10.3. The first-order valence-corrected chi connectivity index (χ1v) is 6.06. The molecule has 0 bridgehead atoms. The molecule has 102 valence electrons. The Hall–Kier alpha value is -0.650. The van der Waals surface area contributed by atoms with Crippen molar-refractivity contribution in [2.24, 2.45) is 11.3 Å². The number of aliphatic hydroxyl groups excluding tert-OH is 3. The molecule has 0 saturated carbocycles. The van der Waals surface area contributed by atoms with Crippen molar-refractivity contribution in [3.8, 4) is 0 Å². The maximum Gasteiger partial charge on any atom is 0.303 e. The lowest BCUT2D eigenvalue weighted by Gasteiger charge is -2.35. The lowest BCUT2D eigenvalue weighted by molar-refractivity contribution is -0.137. The van der Waals surface area contributed by atoms with Gasteiger partial charge in [0.15, 0.2) is 0 Å². The Morgan fingerprint density at radius 1 is 1.12 bits per heavy atom. The molecule has 0 aromatic rings. The van der Waals surface area contributed by atoms with Gasteiger partial charge in [0.2, 0.25) is 0 Å². The quantitative estimate of drug-likeness (QED) is 0.425. The van der Waals surface area contributed by atoms with Gasteiger partial charge in [-0.1, -0.05) is 19.8 Å². The second kappa shape index (κ2) is 8.44. The van der Waals surface area contributed by atoms with Crippen LogP contribution in [0.3, 0.4) is 0 Å². The SMILES string of the molecule is CC(CO)C(CO)(CO)CCCCCC(=O)O. The largest absolute Gasteiger partial charge is 0.481 e. The molecule has 1 unspecified atom stereocenters. The summed E-state index contributed by atoms with van der Waals surface area (Å²) in [5.74, 6) is -0.971. The fourth-order valence-corrected chi connectivity index (χ4v) is 1.89. The topological polar surface area (TPSA) is 98.0 Å². The Morgan fingerprint density at radius 2 is 1.71 bits per heavy atom. The van der Waals surface area contributed by atoms with Gasteiger partial charge in [-0.2, -0.15) is 0 Å². The van der Waals surface area contributed by atoms with E-state index in [9.17, 15) is 15.0 Å². The predicted molar refractivity (Wildman–Crippen MR) is 63.6 cm³/mol. The van der Waals surface area contributed by atoms with E-state index in [2.05, 4.69) is 0 Å². The lowest BCUT2D eigenvalue weighted by Crippen LogP contribution is -2.38. The van der Waals surface area contributed by atoms with Gasteiger partial charge in [-0.05, 0) is 18.8 Å². The molecule has 0 spiro atoms. The first-order chi connectivity index (χ1) is 8.02. The third-order valence-corrected chi connectivity index (χ3v) is 3.51. The normalized spacial score (nSPS) is 13.6. The van der Waals surface area contributed by atoms with Crippen molar-refractivity contribution in [2.75, 3.05) is 19.8 Å². The standard InChI is InChI=1S/C12H24O5/c1-10(7-13)12(8-14,9-15)6-4-2-3-5-11(16)17/h10,13-15H,2-9H2,1H3,(H,16,17). The Bertz CT molecular complexity index is 213. The van der Waals surface area contributed by atoms with Crippen LogP contribution in [-0.4, -0.2) is 46.2 Å². The molecule has 0 radical (unpaired) electrons. The van der Waals surface area contributed by atoms with E-state index in [-0.39, 0.29) is 32.2 Å². The van der Waals surface area contributed by atoms with Crippen molar-refractivity contribution >= 4 is 5.97 Å². The van der Waals surface area contributed by atoms with Gasteiger partial charge in [-0.15, -0.1) is 0 Å². The molecule has 0 aromatic carbocycles. The molecule has 0 heterocycles. The molecule has 4 N–H and O–H groups in total. The molecule has 0 amide bonds. The van der Waals surface area contributed by atoms with Gasteiger partial charge in [0, 0.05) is 18.4 Å². The van der Waals surface area contributed by atoms with Gasteiger partial charge in [0.1, 0.15) is 0 Å². The van der Waals surface area contributed by atoms with Gasteiger partial charge >= 0.3 is 5.97 Å². The molecule has 0 aliphatic carbocycles. The minimum absolute atomic E-state index is 0.0732. The van der Waals surface area contributed by atoms with Crippen LogP contribution in [0.25, 0.3) is 0 Å². The zero-order valence-corrected chi connectivity index (χ0v) is 10.4. The fourth-order valence-electron chi connectivity index (χ4n) is 1.89. The molecule has 0 saturated heterocycles. The van der Waals surface area contributed by atoms with Gasteiger partial charge in [0.25, 0.3) is 0 Å². The Morgan fingerprint density at radius 3 is 2.12 bits per heavy atom. The number of aliphatic hydroxyl groups is 3. The first kappa shape index (κ1) is 16.4. The van der Waals surface area contributed by atoms with E-state index in [1.807, 2.05) is 0 Å². The van der Waals surface area contributed by atoms with Gasteiger partial charge in [-0.3, -0.25) is 4.79 Å². The Balaban J connectivity index is 4.05. The van der Waals surface area contributed by atoms with Crippen LogP contribution in [0.2, 0.25) is 0 Å². The van der Waals surface area contributed by atoms with E-state index in [0.29, 0.717) is 12.8 Å². The van der Waals surface area contributed by atoms with Crippen LogP contribution in [-0.2, 0) is 4.79 Å². The minimum atomic E-state index is -0.802. The number of hydrogen-bond donors (Lipinski definition) is 4. The zero-order valence-electron chi connectivity index (χ0n) is 10.4. The van der Waals surface area contributed by atoms with Crippen LogP contribution < -0.4 is 0 Å². The molecule has 0 aliphatic rings. The number of carboxylic acids is 1. The lowest BCUT2D eigenvalue weighted by atomic mass is 9.74. The number of hydrogen-bond acceptors (Lipinski definition) is 4. The summed E-state index contributed by atoms with van der Waals surface area (Å²) >= 11 is 0. The van der Waals surface area contributed by atoms with E-state index in [4.69, 9.17) is 10.2 Å². The number of unbranched alkanes of at least 4 members (excludes halogenated alkanes) is 2. The molecule has 0 aromatic heterocycles. The third kappa shape index (κ3) is 5.48. The predicted octanol–water partition coefficient (Wildman–Crippen LogP) is 0.621. The van der Waals surface area contributed by atoms with Crippen LogP contribution in [0.15, 0.2) is 0 Å². The summed E-state index contributed by atoms with van der Waals surface area (Å²) < 4.78 is 0. The average Bonchev–Trinajstić information content (AvgIpc) is 2.33. The fraction of sp³-hybridized carbons (Fsp3) is 0.917. The summed E-state index contributed by atoms with van der Waals surface area (Å²) in [6, 6.07) is 0. The van der Waals surface area contributed by atoms with Crippen molar-refractivity contribution in [2.45, 2.75) is 39.0 Å². The van der Waals surface area contributed by atoms with E-state index in [1.54, 1.807) is 6.92 Å². The van der Waals surface area contributed by atoms with Crippen molar-refractivity contribution in [1.82, 2.24) is 0 Å². The highest BCUT2D eigenvalue weighted by molar-refractivity contribution is 5.66. The van der Waals surface area contributed by atoms with E-state index in [0.717, 1.165) is 12.8 Å². The second-order valence-corrected chi connectivity index (χ2v) is 4.72. The first-order valence-electron chi connectivity index (χ1n) is 6.06. The summed E-state index contributed by atoms with van der Waals surface area (Å²) in [7, 11) is 0. The van der Waals surface area contributed by atoms with Gasteiger partial charge in [-0.25, -0.2) is 0 Å². The highest BCUT2D eigenvalue weighted by atomic mass is 16.4. The smallest absolute Gasteiger partial charge is 0.303 e. The van der Waals surface area contributed by atoms with Gasteiger partial charge in [0.05, 0.1) is 13.2 Å². The van der Waals surface area contributed by atoms with Crippen LogP contribution in [0, 0.1) is 11.3 Å². The highest BCUT2D eigenvalue weighted by Crippen LogP contribution is 2.32. The molecule has 5 heteroatoms. The van der Waals surface area contributed by atoms with Crippen LogP contribution in [0.5, 0.6) is 0 Å². The van der Waals surface area contributed by atoms with Crippen molar-refractivity contribution in [1.29, 1.82) is 0 Å². The summed E-state index contributed by atoms with van der Waals surface area (Å²) in [6.45, 7) is 1.40. The number of carbonyl (C=O) groups is 1. The summed E-state index contributed by atoms with van der Waals surface area (Å²) in [5, 5.41) is 36.3. The number of rotatable bonds is 10. The van der Waals surface area contributed by atoms with Crippen LogP contribution in [0.4, 0.5) is 0 Å². The zero-order chi connectivity index (χ0) is 13.3. The van der Waals surface area contributed by atoms with Gasteiger partial charge < -0.3 is 20.4 Å². The van der Waals surface area contributed by atoms with Crippen LogP contribution in [0.1, 0.15) is 39.0 Å². The monoisotopic (exact) mass is 248 g/mol. The van der Waals surface area contributed by atoms with Crippen molar-refractivity contribution in [3.63, 3.8) is 0 Å². The third-order valence-electron chi connectivity index (χ3n) is 3.51. The minimum Gasteiger partial charge on any atom is -0.481 e. The molecule has 1 atom stereocenters. The van der Waals surface area contributed by atoms with E-state index in [1.165, 1.54) is 0 Å². The summed E-state index contributed by atoms with van der Waals surface area (Å²) in [5.41, 5.74) is -0.655. The molecule has 17 heavy (non-hydrogen) atoms. The van der Waals surface area contributed by atoms with Crippen molar-refractivity contribution < 1.29 is 25.2 Å². The van der Waals surface area contributed by atoms with E-state index >= 15 is 0 Å². The Labute approximate surface area is 102 Å². The highest BCUT2D eigenvalue weighted by Gasteiger charge is 2.34. The van der Waals surface area contributed by atoms with Crippen molar-refractivity contribution in [3.05, 3.63) is 0 Å². The second-order valence-electron chi connectivity index (χ2n) is 4.72. The molecule has 5 nitrogen and oxygen atoms in total. The van der Waals surface area contributed by atoms with Crippen LogP contribution >= 0.6 is 0 Å². The Kier molecular flexibility index (Phi) is 8.12. The van der Waals surface area contributed by atoms with E-state index < -0.39 is 11.4 Å². The summed E-state index contributed by atoms with van der Waals surface area (Å²) in [4.78, 5) is 10.3. The maximum absolute atomic E-state index is 10.3. The summed E-state index contributed by atoms with van der Waals surface area (Å²) in [6.07, 6.45) is 2.86. The molecule has 0 rings (SSSR count). The average molecular weight is 248 g/mol. The molecular formula is C12H24O5. The molecule has 0 fully saturated rings.